The van der Waals surface area contributed by atoms with E-state index in [1.807, 2.05) is 6.07 Å². The van der Waals surface area contributed by atoms with Crippen LogP contribution in [0.1, 0.15) is 0 Å². The monoisotopic (exact) mass is 265 g/mol. The predicted octanol–water partition coefficient (Wildman–Crippen LogP) is 4.17. The van der Waals surface area contributed by atoms with E-state index in [2.05, 4.69) is 5.32 Å². The molecule has 0 aliphatic rings. The molecule has 18 heavy (non-hydrogen) atoms. The normalized spacial score (nSPS) is 10.3. The Hall–Kier alpha value is -1.55. The van der Waals surface area contributed by atoms with E-state index in [-0.39, 0.29) is 11.6 Å². The van der Waals surface area contributed by atoms with Crippen molar-refractivity contribution in [3.8, 4) is 0 Å². The van der Waals surface area contributed by atoms with Gasteiger partial charge < -0.3 is 5.32 Å². The van der Waals surface area contributed by atoms with Crippen LogP contribution in [0, 0.1) is 11.6 Å². The fourth-order valence-electron chi connectivity index (χ4n) is 1.49. The van der Waals surface area contributed by atoms with Gasteiger partial charge in [-0.1, -0.05) is 6.07 Å². The largest absolute Gasteiger partial charge is 0.384 e. The van der Waals surface area contributed by atoms with Crippen molar-refractivity contribution in [1.29, 1.82) is 0 Å². The number of halogens is 2. The third kappa shape index (κ3) is 4.04. The van der Waals surface area contributed by atoms with E-state index in [1.165, 1.54) is 24.3 Å². The molecule has 2 rings (SSSR count). The number of thioether (sulfide) groups is 1. The average molecular weight is 265 g/mol. The average Bonchev–Trinajstić information content (AvgIpc) is 2.37. The van der Waals surface area contributed by atoms with Crippen LogP contribution in [0.4, 0.5) is 14.5 Å². The SMILES string of the molecule is Fc1ccc(NCCSc2cccc(F)c2)cc1. The van der Waals surface area contributed by atoms with Crippen molar-refractivity contribution in [2.75, 3.05) is 17.6 Å². The third-order valence-corrected chi connectivity index (χ3v) is 3.34. The first-order valence-electron chi connectivity index (χ1n) is 5.62. The van der Waals surface area contributed by atoms with Crippen LogP contribution < -0.4 is 5.32 Å². The van der Waals surface area contributed by atoms with Crippen molar-refractivity contribution in [3.63, 3.8) is 0 Å². The Kier molecular flexibility index (Phi) is 4.59. The van der Waals surface area contributed by atoms with Crippen LogP contribution in [-0.2, 0) is 0 Å². The predicted molar refractivity (Wildman–Crippen MR) is 72.0 cm³/mol. The third-order valence-electron chi connectivity index (χ3n) is 2.34. The number of rotatable bonds is 5. The van der Waals surface area contributed by atoms with Crippen molar-refractivity contribution < 1.29 is 8.78 Å². The van der Waals surface area contributed by atoms with Gasteiger partial charge in [0.1, 0.15) is 11.6 Å². The van der Waals surface area contributed by atoms with Crippen molar-refractivity contribution >= 4 is 17.4 Å². The van der Waals surface area contributed by atoms with E-state index < -0.39 is 0 Å². The topological polar surface area (TPSA) is 12.0 Å². The minimum Gasteiger partial charge on any atom is -0.384 e. The van der Waals surface area contributed by atoms with Crippen LogP contribution >= 0.6 is 11.8 Å². The summed E-state index contributed by atoms with van der Waals surface area (Å²) in [6.45, 7) is 0.743. The number of anilines is 1. The Labute approximate surface area is 109 Å². The smallest absolute Gasteiger partial charge is 0.124 e. The second-order valence-electron chi connectivity index (χ2n) is 3.74. The van der Waals surface area contributed by atoms with Crippen LogP contribution in [0.2, 0.25) is 0 Å². The van der Waals surface area contributed by atoms with Crippen LogP contribution in [0.5, 0.6) is 0 Å². The highest BCUT2D eigenvalue weighted by atomic mass is 32.2. The summed E-state index contributed by atoms with van der Waals surface area (Å²) in [6, 6.07) is 12.8. The Balaban J connectivity index is 1.74. The molecule has 0 aliphatic carbocycles. The van der Waals surface area contributed by atoms with Crippen LogP contribution in [0.3, 0.4) is 0 Å². The molecule has 0 fully saturated rings. The number of nitrogens with one attached hydrogen (secondary N) is 1. The summed E-state index contributed by atoms with van der Waals surface area (Å²) in [5, 5.41) is 3.18. The molecule has 0 aromatic heterocycles. The highest BCUT2D eigenvalue weighted by molar-refractivity contribution is 7.99. The lowest BCUT2D eigenvalue weighted by Gasteiger charge is -2.06. The summed E-state index contributed by atoms with van der Waals surface area (Å²) in [5.74, 6) is 0.363. The van der Waals surface area contributed by atoms with Gasteiger partial charge in [-0.05, 0) is 42.5 Å². The molecule has 0 saturated carbocycles. The molecule has 0 aliphatic heterocycles. The Morgan fingerprint density at radius 3 is 2.44 bits per heavy atom. The first kappa shape index (κ1) is 12.9. The van der Waals surface area contributed by atoms with E-state index in [4.69, 9.17) is 0 Å². The van der Waals surface area contributed by atoms with Crippen molar-refractivity contribution in [2.24, 2.45) is 0 Å². The molecule has 0 unspecified atom stereocenters. The second-order valence-corrected chi connectivity index (χ2v) is 4.91. The highest BCUT2D eigenvalue weighted by Gasteiger charge is 1.97. The summed E-state index contributed by atoms with van der Waals surface area (Å²) in [4.78, 5) is 0.913. The highest BCUT2D eigenvalue weighted by Crippen LogP contribution is 2.18. The van der Waals surface area contributed by atoms with E-state index >= 15 is 0 Å². The molecule has 4 heteroatoms. The van der Waals surface area contributed by atoms with Gasteiger partial charge in [-0.2, -0.15) is 0 Å². The summed E-state index contributed by atoms with van der Waals surface area (Å²) >= 11 is 1.58. The second kappa shape index (κ2) is 6.40. The van der Waals surface area contributed by atoms with Crippen LogP contribution in [0.15, 0.2) is 53.4 Å². The minimum absolute atomic E-state index is 0.216. The molecule has 0 bridgehead atoms. The Morgan fingerprint density at radius 2 is 1.72 bits per heavy atom. The standard InChI is InChI=1S/C14H13F2NS/c15-11-4-6-13(7-5-11)17-8-9-18-14-3-1-2-12(16)10-14/h1-7,10,17H,8-9H2. The van der Waals surface area contributed by atoms with Gasteiger partial charge in [0.15, 0.2) is 0 Å². The summed E-state index contributed by atoms with van der Waals surface area (Å²) < 4.78 is 25.6. The number of hydrogen-bond donors (Lipinski definition) is 1. The maximum absolute atomic E-state index is 12.9. The fourth-order valence-corrected chi connectivity index (χ4v) is 2.30. The summed E-state index contributed by atoms with van der Waals surface area (Å²) in [7, 11) is 0. The first-order chi connectivity index (χ1) is 8.74. The lowest BCUT2D eigenvalue weighted by atomic mass is 10.3. The molecule has 0 saturated heterocycles. The summed E-state index contributed by atoms with van der Waals surface area (Å²) in [6.07, 6.45) is 0. The Morgan fingerprint density at radius 1 is 0.944 bits per heavy atom. The summed E-state index contributed by atoms with van der Waals surface area (Å²) in [5.41, 5.74) is 0.885. The molecule has 1 nitrogen and oxygen atoms in total. The minimum atomic E-state index is -0.241. The Bertz CT molecular complexity index is 499. The molecule has 1 N–H and O–H groups in total. The fraction of sp³-hybridized carbons (Fsp3) is 0.143. The van der Waals surface area contributed by atoms with Gasteiger partial charge in [-0.15, -0.1) is 11.8 Å². The van der Waals surface area contributed by atoms with Gasteiger partial charge in [0.25, 0.3) is 0 Å². The first-order valence-corrected chi connectivity index (χ1v) is 6.60. The van der Waals surface area contributed by atoms with Gasteiger partial charge >= 0.3 is 0 Å². The lowest BCUT2D eigenvalue weighted by Crippen LogP contribution is -2.03. The van der Waals surface area contributed by atoms with Crippen molar-refractivity contribution in [2.45, 2.75) is 4.90 Å². The molecule has 2 aromatic rings. The maximum atomic E-state index is 12.9. The molecule has 0 amide bonds. The molecular formula is C14H13F2NS. The van der Waals surface area contributed by atoms with Crippen molar-refractivity contribution in [3.05, 3.63) is 60.2 Å². The van der Waals surface area contributed by atoms with Crippen molar-refractivity contribution in [1.82, 2.24) is 0 Å². The van der Waals surface area contributed by atoms with E-state index in [0.717, 1.165) is 22.9 Å². The molecule has 0 atom stereocenters. The van der Waals surface area contributed by atoms with E-state index in [0.29, 0.717) is 0 Å². The van der Waals surface area contributed by atoms with Gasteiger partial charge in [0.05, 0.1) is 0 Å². The molecule has 0 radical (unpaired) electrons. The number of hydrogen-bond acceptors (Lipinski definition) is 2. The van der Waals surface area contributed by atoms with E-state index in [9.17, 15) is 8.78 Å². The molecule has 0 spiro atoms. The quantitative estimate of drug-likeness (QED) is 0.643. The molecule has 2 aromatic carbocycles. The number of benzene rings is 2. The van der Waals surface area contributed by atoms with Gasteiger partial charge in [-0.25, -0.2) is 8.78 Å². The maximum Gasteiger partial charge on any atom is 0.124 e. The van der Waals surface area contributed by atoms with E-state index in [1.54, 1.807) is 30.0 Å². The molecule has 94 valence electrons. The van der Waals surface area contributed by atoms with Gasteiger partial charge in [0, 0.05) is 22.9 Å². The zero-order chi connectivity index (χ0) is 12.8. The van der Waals surface area contributed by atoms with Gasteiger partial charge in [-0.3, -0.25) is 0 Å². The van der Waals surface area contributed by atoms with Gasteiger partial charge in [0.2, 0.25) is 0 Å². The zero-order valence-corrected chi connectivity index (χ0v) is 10.5. The lowest BCUT2D eigenvalue weighted by molar-refractivity contribution is 0.624. The molecular weight excluding hydrogens is 252 g/mol. The molecule has 0 heterocycles. The zero-order valence-electron chi connectivity index (χ0n) is 9.70. The van der Waals surface area contributed by atoms with Crippen LogP contribution in [0.25, 0.3) is 0 Å². The van der Waals surface area contributed by atoms with Crippen LogP contribution in [-0.4, -0.2) is 12.3 Å².